The van der Waals surface area contributed by atoms with E-state index in [2.05, 4.69) is 20.3 Å². The number of fused-ring (bicyclic) bond motifs is 1. The van der Waals surface area contributed by atoms with Gasteiger partial charge in [0.05, 0.1) is 10.4 Å². The highest BCUT2D eigenvalue weighted by Gasteiger charge is 2.16. The van der Waals surface area contributed by atoms with Crippen molar-refractivity contribution < 1.29 is 17.9 Å². The van der Waals surface area contributed by atoms with E-state index in [-0.39, 0.29) is 23.5 Å². The van der Waals surface area contributed by atoms with Crippen LogP contribution in [0.25, 0.3) is 10.9 Å². The van der Waals surface area contributed by atoms with Crippen molar-refractivity contribution in [3.8, 4) is 5.75 Å². The number of carbonyl (C=O) groups excluding carboxylic acids is 1. The summed E-state index contributed by atoms with van der Waals surface area (Å²) in [6, 6.07) is 13.2. The van der Waals surface area contributed by atoms with Crippen molar-refractivity contribution in [1.29, 1.82) is 0 Å². The largest absolute Gasteiger partial charge is 0.484 e. The number of pyridine rings is 1. The van der Waals surface area contributed by atoms with Gasteiger partial charge in [0.2, 0.25) is 10.0 Å². The van der Waals surface area contributed by atoms with Crippen molar-refractivity contribution in [3.05, 3.63) is 59.8 Å². The number of hydrogen-bond acceptors (Lipinski definition) is 6. The van der Waals surface area contributed by atoms with Crippen molar-refractivity contribution in [2.45, 2.75) is 31.2 Å². The van der Waals surface area contributed by atoms with E-state index in [1.165, 1.54) is 24.3 Å². The van der Waals surface area contributed by atoms with Crippen LogP contribution in [0.15, 0.2) is 59.6 Å². The minimum atomic E-state index is -3.58. The smallest absolute Gasteiger partial charge is 0.258 e. The Balaban J connectivity index is 1.43. The van der Waals surface area contributed by atoms with Crippen molar-refractivity contribution >= 4 is 44.1 Å². The van der Waals surface area contributed by atoms with Crippen LogP contribution in [0.4, 0.5) is 5.69 Å². The summed E-state index contributed by atoms with van der Waals surface area (Å²) in [5.41, 5.74) is 1.69. The van der Waals surface area contributed by atoms with Crippen LogP contribution in [0.5, 0.6) is 5.75 Å². The topological polar surface area (TPSA) is 109 Å². The van der Waals surface area contributed by atoms with Crippen LogP contribution in [0.1, 0.15) is 20.3 Å². The minimum absolute atomic E-state index is 0.150. The molecule has 3 aromatic rings. The summed E-state index contributed by atoms with van der Waals surface area (Å²) in [6.07, 6.45) is 2.39. The predicted molar refractivity (Wildman–Crippen MR) is 130 cm³/mol. The number of nitrogens with zero attached hydrogens (tertiary/aromatic N) is 1. The zero-order valence-electron chi connectivity index (χ0n) is 18.5. The first-order valence-corrected chi connectivity index (χ1v) is 12.4. The van der Waals surface area contributed by atoms with Gasteiger partial charge in [0.1, 0.15) is 5.75 Å². The van der Waals surface area contributed by atoms with E-state index in [4.69, 9.17) is 16.3 Å². The molecule has 0 aliphatic carbocycles. The van der Waals surface area contributed by atoms with Crippen LogP contribution >= 0.6 is 11.6 Å². The fourth-order valence-corrected chi connectivity index (χ4v) is 4.50. The van der Waals surface area contributed by atoms with Crippen LogP contribution in [-0.2, 0) is 14.8 Å². The zero-order valence-corrected chi connectivity index (χ0v) is 20.0. The lowest BCUT2D eigenvalue weighted by atomic mass is 10.2. The number of carbonyl (C=O) groups is 1. The highest BCUT2D eigenvalue weighted by molar-refractivity contribution is 7.89. The second-order valence-corrected chi connectivity index (χ2v) is 9.64. The summed E-state index contributed by atoms with van der Waals surface area (Å²) >= 11 is 6.01. The molecule has 0 spiro atoms. The van der Waals surface area contributed by atoms with Gasteiger partial charge < -0.3 is 15.4 Å². The molecule has 1 unspecified atom stereocenters. The van der Waals surface area contributed by atoms with E-state index in [0.717, 1.165) is 16.6 Å². The lowest BCUT2D eigenvalue weighted by Crippen LogP contribution is -2.32. The molecule has 0 radical (unpaired) electrons. The average molecular weight is 491 g/mol. The third-order valence-electron chi connectivity index (χ3n) is 4.94. The maximum Gasteiger partial charge on any atom is 0.258 e. The molecule has 8 nitrogen and oxygen atoms in total. The van der Waals surface area contributed by atoms with E-state index < -0.39 is 10.0 Å². The minimum Gasteiger partial charge on any atom is -0.484 e. The lowest BCUT2D eigenvalue weighted by Gasteiger charge is -2.13. The van der Waals surface area contributed by atoms with Gasteiger partial charge in [0.15, 0.2) is 6.61 Å². The van der Waals surface area contributed by atoms with E-state index in [0.29, 0.717) is 30.3 Å². The Morgan fingerprint density at radius 1 is 1.12 bits per heavy atom. The van der Waals surface area contributed by atoms with Gasteiger partial charge in [0, 0.05) is 41.4 Å². The molecule has 0 aliphatic heterocycles. The number of hydrogen-bond donors (Lipinski definition) is 3. The number of aromatic nitrogens is 1. The fraction of sp³-hybridized carbons (Fsp3) is 0.304. The molecule has 176 valence electrons. The van der Waals surface area contributed by atoms with Crippen LogP contribution in [0, 0.1) is 0 Å². The van der Waals surface area contributed by atoms with Crippen LogP contribution in [0.3, 0.4) is 0 Å². The second kappa shape index (κ2) is 11.3. The Morgan fingerprint density at radius 2 is 1.88 bits per heavy atom. The molecule has 1 amide bonds. The SMILES string of the molecule is CCC(C)NS(=O)(=O)c1ccc(OCC(=O)NCCNc2ccnc3cc(Cl)ccc23)cc1. The van der Waals surface area contributed by atoms with Gasteiger partial charge in [-0.3, -0.25) is 9.78 Å². The number of anilines is 1. The van der Waals surface area contributed by atoms with Crippen molar-refractivity contribution in [1.82, 2.24) is 15.0 Å². The molecule has 10 heteroatoms. The molecule has 0 bridgehead atoms. The first-order chi connectivity index (χ1) is 15.8. The molecular weight excluding hydrogens is 464 g/mol. The quantitative estimate of drug-likeness (QED) is 0.354. The Hall–Kier alpha value is -2.88. The first-order valence-electron chi connectivity index (χ1n) is 10.6. The molecule has 0 aliphatic rings. The van der Waals surface area contributed by atoms with Gasteiger partial charge in [-0.1, -0.05) is 18.5 Å². The first kappa shape index (κ1) is 24.8. The Bertz CT molecular complexity index is 1200. The summed E-state index contributed by atoms with van der Waals surface area (Å²) in [4.78, 5) is 16.5. The lowest BCUT2D eigenvalue weighted by molar-refractivity contribution is -0.123. The standard InChI is InChI=1S/C23H27ClN4O4S/c1-3-16(2)28-33(30,31)19-7-5-18(6-8-19)32-15-23(29)27-13-12-26-21-10-11-25-22-14-17(24)4-9-20(21)22/h4-11,14,16,28H,3,12-13,15H2,1-2H3,(H,25,26)(H,27,29). The number of nitrogens with one attached hydrogen (secondary N) is 3. The maximum absolute atomic E-state index is 12.3. The van der Waals surface area contributed by atoms with Gasteiger partial charge in [-0.15, -0.1) is 0 Å². The molecule has 0 saturated carbocycles. The van der Waals surface area contributed by atoms with Gasteiger partial charge in [0.25, 0.3) is 5.91 Å². The number of rotatable bonds is 11. The Kier molecular flexibility index (Phi) is 8.49. The van der Waals surface area contributed by atoms with Crippen molar-refractivity contribution in [2.75, 3.05) is 25.0 Å². The molecule has 1 heterocycles. The van der Waals surface area contributed by atoms with E-state index >= 15 is 0 Å². The number of halogens is 1. The summed E-state index contributed by atoms with van der Waals surface area (Å²) < 4.78 is 32.6. The third-order valence-corrected chi connectivity index (χ3v) is 6.78. The van der Waals surface area contributed by atoms with Crippen LogP contribution in [-0.4, -0.2) is 45.0 Å². The molecule has 1 atom stereocenters. The summed E-state index contributed by atoms with van der Waals surface area (Å²) in [6.45, 7) is 4.45. The van der Waals surface area contributed by atoms with Crippen LogP contribution < -0.4 is 20.1 Å². The van der Waals surface area contributed by atoms with Gasteiger partial charge in [-0.2, -0.15) is 0 Å². The molecule has 33 heavy (non-hydrogen) atoms. The molecule has 3 rings (SSSR count). The van der Waals surface area contributed by atoms with Crippen molar-refractivity contribution in [3.63, 3.8) is 0 Å². The van der Waals surface area contributed by atoms with E-state index in [9.17, 15) is 13.2 Å². The molecule has 1 aromatic heterocycles. The summed E-state index contributed by atoms with van der Waals surface area (Å²) in [7, 11) is -3.58. The highest BCUT2D eigenvalue weighted by Crippen LogP contribution is 2.24. The number of ether oxygens (including phenoxy) is 1. The predicted octanol–water partition coefficient (Wildman–Crippen LogP) is 3.57. The summed E-state index contributed by atoms with van der Waals surface area (Å²) in [5.74, 6) is 0.131. The molecular formula is C23H27ClN4O4S. The van der Waals surface area contributed by atoms with Crippen LogP contribution in [0.2, 0.25) is 5.02 Å². The second-order valence-electron chi connectivity index (χ2n) is 7.49. The van der Waals surface area contributed by atoms with Crippen molar-refractivity contribution in [2.24, 2.45) is 0 Å². The number of benzene rings is 2. The molecule has 2 aromatic carbocycles. The monoisotopic (exact) mass is 490 g/mol. The van der Waals surface area contributed by atoms with Gasteiger partial charge in [-0.25, -0.2) is 13.1 Å². The fourth-order valence-electron chi connectivity index (χ4n) is 3.01. The zero-order chi connectivity index (χ0) is 23.8. The Labute approximate surface area is 198 Å². The maximum atomic E-state index is 12.3. The Morgan fingerprint density at radius 3 is 2.61 bits per heavy atom. The average Bonchev–Trinajstić information content (AvgIpc) is 2.80. The van der Waals surface area contributed by atoms with Gasteiger partial charge >= 0.3 is 0 Å². The molecule has 0 saturated heterocycles. The number of sulfonamides is 1. The van der Waals surface area contributed by atoms with E-state index in [1.807, 2.05) is 19.1 Å². The molecule has 3 N–H and O–H groups in total. The normalized spacial score (nSPS) is 12.3. The van der Waals surface area contributed by atoms with E-state index in [1.54, 1.807) is 25.3 Å². The highest BCUT2D eigenvalue weighted by atomic mass is 35.5. The third kappa shape index (κ3) is 7.05. The summed E-state index contributed by atoms with van der Waals surface area (Å²) in [5, 5.41) is 7.62. The molecule has 0 fully saturated rings. The number of amides is 1. The van der Waals surface area contributed by atoms with Gasteiger partial charge in [-0.05, 0) is 61.9 Å².